The molecule has 2 rings (SSSR count). The lowest BCUT2D eigenvalue weighted by Crippen LogP contribution is -2.19. The van der Waals surface area contributed by atoms with Crippen molar-refractivity contribution in [3.8, 4) is 5.75 Å². The summed E-state index contributed by atoms with van der Waals surface area (Å²) < 4.78 is 5.27. The third-order valence-electron chi connectivity index (χ3n) is 3.18. The zero-order chi connectivity index (χ0) is 11.1. The van der Waals surface area contributed by atoms with E-state index in [4.69, 9.17) is 4.74 Å². The molecule has 1 N–H and O–H groups in total. The van der Waals surface area contributed by atoms with Crippen molar-refractivity contribution in [2.75, 3.05) is 19.0 Å². The highest BCUT2D eigenvalue weighted by molar-refractivity contribution is 5.60. The van der Waals surface area contributed by atoms with E-state index in [0.29, 0.717) is 11.3 Å². The van der Waals surface area contributed by atoms with Crippen LogP contribution in [0.2, 0.25) is 0 Å². The van der Waals surface area contributed by atoms with E-state index in [-0.39, 0.29) is 0 Å². The summed E-state index contributed by atoms with van der Waals surface area (Å²) in [5, 5.41) is 3.45. The van der Waals surface area contributed by atoms with Crippen LogP contribution in [0.15, 0.2) is 18.2 Å². The Morgan fingerprint density at radius 3 is 2.67 bits per heavy atom. The van der Waals surface area contributed by atoms with Crippen LogP contribution in [0.25, 0.3) is 0 Å². The fourth-order valence-electron chi connectivity index (χ4n) is 2.21. The Morgan fingerprint density at radius 1 is 1.33 bits per heavy atom. The molecule has 1 aromatic rings. The van der Waals surface area contributed by atoms with Gasteiger partial charge in [-0.05, 0) is 29.2 Å². The molecule has 0 fully saturated rings. The van der Waals surface area contributed by atoms with E-state index in [9.17, 15) is 0 Å². The van der Waals surface area contributed by atoms with Crippen LogP contribution in [0.1, 0.15) is 32.3 Å². The molecule has 0 aromatic heterocycles. The molecule has 1 atom stereocenters. The molecule has 1 heterocycles. The summed E-state index contributed by atoms with van der Waals surface area (Å²) in [6.07, 6.45) is 0. The predicted octanol–water partition coefficient (Wildman–Crippen LogP) is 3.25. The van der Waals surface area contributed by atoms with Crippen molar-refractivity contribution in [1.29, 1.82) is 0 Å². The molecule has 0 saturated heterocycles. The molecule has 0 bridgehead atoms. The number of ether oxygens (including phenoxy) is 1. The predicted molar refractivity (Wildman–Crippen MR) is 63.7 cm³/mol. The first-order chi connectivity index (χ1) is 7.02. The summed E-state index contributed by atoms with van der Waals surface area (Å²) in [4.78, 5) is 0. The normalized spacial score (nSPS) is 19.6. The van der Waals surface area contributed by atoms with Crippen molar-refractivity contribution in [3.63, 3.8) is 0 Å². The van der Waals surface area contributed by atoms with Gasteiger partial charge < -0.3 is 10.1 Å². The second-order valence-corrected chi connectivity index (χ2v) is 5.25. The molecule has 1 aliphatic heterocycles. The first-order valence-electron chi connectivity index (χ1n) is 5.44. The molecular formula is C13H19NO. The number of hydrogen-bond acceptors (Lipinski definition) is 2. The van der Waals surface area contributed by atoms with Crippen molar-refractivity contribution in [1.82, 2.24) is 0 Å². The summed E-state index contributed by atoms with van der Waals surface area (Å²) in [7, 11) is 1.72. The summed E-state index contributed by atoms with van der Waals surface area (Å²) in [5.74, 6) is 1.52. The monoisotopic (exact) mass is 205 g/mol. The first-order valence-corrected chi connectivity index (χ1v) is 5.44. The van der Waals surface area contributed by atoms with Gasteiger partial charge >= 0.3 is 0 Å². The molecule has 82 valence electrons. The summed E-state index contributed by atoms with van der Waals surface area (Å²) in [6, 6.07) is 6.28. The maximum atomic E-state index is 5.27. The Morgan fingerprint density at radius 2 is 2.07 bits per heavy atom. The third kappa shape index (κ3) is 1.81. The maximum Gasteiger partial charge on any atom is 0.119 e. The molecule has 0 aliphatic carbocycles. The number of anilines is 1. The van der Waals surface area contributed by atoms with Crippen LogP contribution >= 0.6 is 0 Å². The van der Waals surface area contributed by atoms with E-state index < -0.39 is 0 Å². The topological polar surface area (TPSA) is 21.3 Å². The molecule has 1 unspecified atom stereocenters. The summed E-state index contributed by atoms with van der Waals surface area (Å²) in [5.41, 5.74) is 2.95. The van der Waals surface area contributed by atoms with Crippen LogP contribution in [0, 0.1) is 5.41 Å². The minimum Gasteiger partial charge on any atom is -0.497 e. The fourth-order valence-corrected chi connectivity index (χ4v) is 2.21. The molecule has 0 spiro atoms. The second kappa shape index (κ2) is 3.44. The average molecular weight is 205 g/mol. The van der Waals surface area contributed by atoms with Crippen LogP contribution in [-0.4, -0.2) is 13.7 Å². The highest BCUT2D eigenvalue weighted by atomic mass is 16.5. The van der Waals surface area contributed by atoms with Gasteiger partial charge in [0.25, 0.3) is 0 Å². The summed E-state index contributed by atoms with van der Waals surface area (Å²) in [6.45, 7) is 7.89. The molecule has 2 heteroatoms. The van der Waals surface area contributed by atoms with Crippen molar-refractivity contribution in [2.24, 2.45) is 5.41 Å². The zero-order valence-corrected chi connectivity index (χ0v) is 9.92. The number of rotatable bonds is 1. The molecular weight excluding hydrogens is 186 g/mol. The van der Waals surface area contributed by atoms with Crippen molar-refractivity contribution in [2.45, 2.75) is 26.7 Å². The van der Waals surface area contributed by atoms with Crippen LogP contribution in [0.3, 0.4) is 0 Å². The molecule has 2 nitrogen and oxygen atoms in total. The van der Waals surface area contributed by atoms with Crippen LogP contribution in [0.5, 0.6) is 5.75 Å². The van der Waals surface area contributed by atoms with E-state index in [1.54, 1.807) is 7.11 Å². The smallest absolute Gasteiger partial charge is 0.119 e. The molecule has 1 aromatic carbocycles. The van der Waals surface area contributed by atoms with Gasteiger partial charge in [0, 0.05) is 18.2 Å². The van der Waals surface area contributed by atoms with E-state index in [2.05, 4.69) is 38.2 Å². The number of benzene rings is 1. The van der Waals surface area contributed by atoms with Crippen LogP contribution in [0.4, 0.5) is 5.69 Å². The Labute approximate surface area is 91.6 Å². The van der Waals surface area contributed by atoms with Gasteiger partial charge in [0.2, 0.25) is 0 Å². The number of hydrogen-bond donors (Lipinski definition) is 1. The standard InChI is InChI=1S/C13H19NO/c1-13(2,3)11-8-14-12-6-5-9(15-4)7-10(11)12/h5-7,11,14H,8H2,1-4H3. The molecule has 0 radical (unpaired) electrons. The Bertz CT molecular complexity index is 365. The minimum atomic E-state index is 0.296. The van der Waals surface area contributed by atoms with Gasteiger partial charge in [-0.2, -0.15) is 0 Å². The van der Waals surface area contributed by atoms with Gasteiger partial charge in [0.05, 0.1) is 7.11 Å². The Kier molecular flexibility index (Phi) is 2.37. The van der Waals surface area contributed by atoms with Gasteiger partial charge in [-0.3, -0.25) is 0 Å². The Hall–Kier alpha value is -1.18. The molecule has 0 saturated carbocycles. The fraction of sp³-hybridized carbons (Fsp3) is 0.538. The number of nitrogens with one attached hydrogen (secondary N) is 1. The van der Waals surface area contributed by atoms with Gasteiger partial charge in [-0.25, -0.2) is 0 Å². The van der Waals surface area contributed by atoms with Crippen LogP contribution in [-0.2, 0) is 0 Å². The van der Waals surface area contributed by atoms with Gasteiger partial charge in [0.1, 0.15) is 5.75 Å². The zero-order valence-electron chi connectivity index (χ0n) is 9.92. The van der Waals surface area contributed by atoms with Crippen LogP contribution < -0.4 is 10.1 Å². The van der Waals surface area contributed by atoms with E-state index in [1.807, 2.05) is 6.07 Å². The largest absolute Gasteiger partial charge is 0.497 e. The van der Waals surface area contributed by atoms with Crippen molar-refractivity contribution < 1.29 is 4.74 Å². The lowest BCUT2D eigenvalue weighted by Gasteiger charge is -2.26. The van der Waals surface area contributed by atoms with Gasteiger partial charge in [0.15, 0.2) is 0 Å². The molecule has 0 amide bonds. The SMILES string of the molecule is COc1ccc2c(c1)C(C(C)(C)C)CN2. The quantitative estimate of drug-likeness (QED) is 0.760. The highest BCUT2D eigenvalue weighted by Crippen LogP contribution is 2.43. The first kappa shape index (κ1) is 10.3. The third-order valence-corrected chi connectivity index (χ3v) is 3.18. The van der Waals surface area contributed by atoms with E-state index in [0.717, 1.165) is 12.3 Å². The number of methoxy groups -OCH3 is 1. The average Bonchev–Trinajstić information content (AvgIpc) is 2.59. The lowest BCUT2D eigenvalue weighted by atomic mass is 9.78. The Balaban J connectivity index is 2.40. The maximum absolute atomic E-state index is 5.27. The summed E-state index contributed by atoms with van der Waals surface area (Å²) >= 11 is 0. The van der Waals surface area contributed by atoms with E-state index in [1.165, 1.54) is 11.3 Å². The van der Waals surface area contributed by atoms with Gasteiger partial charge in [-0.15, -0.1) is 0 Å². The second-order valence-electron chi connectivity index (χ2n) is 5.25. The van der Waals surface area contributed by atoms with Gasteiger partial charge in [-0.1, -0.05) is 20.8 Å². The van der Waals surface area contributed by atoms with Crippen molar-refractivity contribution in [3.05, 3.63) is 23.8 Å². The molecule has 15 heavy (non-hydrogen) atoms. The molecule has 1 aliphatic rings. The van der Waals surface area contributed by atoms with E-state index >= 15 is 0 Å². The minimum absolute atomic E-state index is 0.296. The highest BCUT2D eigenvalue weighted by Gasteiger charge is 2.32. The van der Waals surface area contributed by atoms with Crippen molar-refractivity contribution >= 4 is 5.69 Å². The lowest BCUT2D eigenvalue weighted by molar-refractivity contribution is 0.338. The number of fused-ring (bicyclic) bond motifs is 1.